The molecule has 0 saturated carbocycles. The van der Waals surface area contributed by atoms with Crippen LogP contribution >= 0.6 is 11.6 Å². The quantitative estimate of drug-likeness (QED) is 0.748. The standard InChI is InChI=1S/C11H13ClF3N3O/c12-9-3-2-7(6-8(9)11(13,14)15)18-10(19)17-5-1-4-16/h2-3,6H,1,4-5,16H2,(H2,17,18,19). The SMILES string of the molecule is NCCCNC(=O)Nc1ccc(Cl)c(C(F)(F)F)c1. The van der Waals surface area contributed by atoms with Crippen molar-refractivity contribution in [2.24, 2.45) is 5.73 Å². The maximum absolute atomic E-state index is 12.6. The number of halogens is 4. The summed E-state index contributed by atoms with van der Waals surface area (Å²) in [5.41, 5.74) is 4.26. The van der Waals surface area contributed by atoms with Gasteiger partial charge in [-0.05, 0) is 31.2 Å². The minimum atomic E-state index is -4.56. The molecule has 0 radical (unpaired) electrons. The molecule has 1 aromatic carbocycles. The number of urea groups is 1. The molecule has 0 aliphatic heterocycles. The van der Waals surface area contributed by atoms with Crippen LogP contribution in [0.5, 0.6) is 0 Å². The Morgan fingerprint density at radius 2 is 2.05 bits per heavy atom. The number of benzene rings is 1. The van der Waals surface area contributed by atoms with Crippen LogP contribution in [0.3, 0.4) is 0 Å². The number of alkyl halides is 3. The number of carbonyl (C=O) groups excluding carboxylic acids is 1. The van der Waals surface area contributed by atoms with Crippen molar-refractivity contribution >= 4 is 23.3 Å². The van der Waals surface area contributed by atoms with E-state index in [0.717, 1.165) is 12.1 Å². The lowest BCUT2D eigenvalue weighted by molar-refractivity contribution is -0.137. The van der Waals surface area contributed by atoms with Gasteiger partial charge in [0.2, 0.25) is 0 Å². The number of anilines is 1. The molecule has 106 valence electrons. The first-order chi connectivity index (χ1) is 8.84. The van der Waals surface area contributed by atoms with Crippen LogP contribution in [0, 0.1) is 0 Å². The first-order valence-corrected chi connectivity index (χ1v) is 5.84. The third-order valence-electron chi connectivity index (χ3n) is 2.20. The summed E-state index contributed by atoms with van der Waals surface area (Å²) < 4.78 is 37.8. The Hall–Kier alpha value is -1.47. The molecular weight excluding hydrogens is 283 g/mol. The number of nitrogens with one attached hydrogen (secondary N) is 2. The molecule has 1 aromatic rings. The highest BCUT2D eigenvalue weighted by atomic mass is 35.5. The third-order valence-corrected chi connectivity index (χ3v) is 2.53. The highest BCUT2D eigenvalue weighted by molar-refractivity contribution is 6.31. The van der Waals surface area contributed by atoms with Gasteiger partial charge in [0.05, 0.1) is 10.6 Å². The molecule has 4 N–H and O–H groups in total. The average Bonchev–Trinajstić information content (AvgIpc) is 2.30. The fraction of sp³-hybridized carbons (Fsp3) is 0.364. The monoisotopic (exact) mass is 295 g/mol. The van der Waals surface area contributed by atoms with Crippen molar-refractivity contribution in [3.63, 3.8) is 0 Å². The highest BCUT2D eigenvalue weighted by Gasteiger charge is 2.33. The van der Waals surface area contributed by atoms with Crippen LogP contribution in [0.15, 0.2) is 18.2 Å². The fourth-order valence-corrected chi connectivity index (χ4v) is 1.52. The molecule has 1 rings (SSSR count). The fourth-order valence-electron chi connectivity index (χ4n) is 1.30. The van der Waals surface area contributed by atoms with Gasteiger partial charge < -0.3 is 16.4 Å². The molecule has 2 amide bonds. The second kappa shape index (κ2) is 6.63. The largest absolute Gasteiger partial charge is 0.417 e. The van der Waals surface area contributed by atoms with Crippen molar-refractivity contribution in [3.05, 3.63) is 28.8 Å². The van der Waals surface area contributed by atoms with Gasteiger partial charge in [-0.15, -0.1) is 0 Å². The summed E-state index contributed by atoms with van der Waals surface area (Å²) in [4.78, 5) is 11.4. The van der Waals surface area contributed by atoms with Crippen LogP contribution < -0.4 is 16.4 Å². The molecule has 0 fully saturated rings. The Labute approximate surface area is 113 Å². The smallest absolute Gasteiger partial charge is 0.338 e. The maximum atomic E-state index is 12.6. The molecule has 19 heavy (non-hydrogen) atoms. The van der Waals surface area contributed by atoms with Gasteiger partial charge in [-0.3, -0.25) is 0 Å². The van der Waals surface area contributed by atoms with E-state index in [0.29, 0.717) is 19.5 Å². The van der Waals surface area contributed by atoms with Gasteiger partial charge >= 0.3 is 12.2 Å². The number of nitrogens with two attached hydrogens (primary N) is 1. The predicted molar refractivity (Wildman–Crippen MR) is 67.1 cm³/mol. The molecule has 0 heterocycles. The lowest BCUT2D eigenvalue weighted by Crippen LogP contribution is -2.30. The van der Waals surface area contributed by atoms with Gasteiger partial charge in [-0.2, -0.15) is 13.2 Å². The summed E-state index contributed by atoms with van der Waals surface area (Å²) in [6.07, 6.45) is -3.98. The summed E-state index contributed by atoms with van der Waals surface area (Å²) in [7, 11) is 0. The van der Waals surface area contributed by atoms with E-state index in [-0.39, 0.29) is 5.69 Å². The second-order valence-corrected chi connectivity index (χ2v) is 4.12. The van der Waals surface area contributed by atoms with Gasteiger partial charge in [-0.25, -0.2) is 4.79 Å². The Morgan fingerprint density at radius 1 is 1.37 bits per heavy atom. The zero-order valence-electron chi connectivity index (χ0n) is 9.85. The first-order valence-electron chi connectivity index (χ1n) is 5.46. The molecular formula is C11H13ClF3N3O. The van der Waals surface area contributed by atoms with E-state index in [2.05, 4.69) is 10.6 Å². The molecule has 0 unspecified atom stereocenters. The van der Waals surface area contributed by atoms with E-state index in [1.807, 2.05) is 0 Å². The lowest BCUT2D eigenvalue weighted by Gasteiger charge is -2.12. The zero-order chi connectivity index (χ0) is 14.5. The predicted octanol–water partition coefficient (Wildman–Crippen LogP) is 2.83. The van der Waals surface area contributed by atoms with E-state index in [4.69, 9.17) is 17.3 Å². The van der Waals surface area contributed by atoms with Crippen LogP contribution in [0.1, 0.15) is 12.0 Å². The van der Waals surface area contributed by atoms with Gasteiger partial charge in [0.25, 0.3) is 0 Å². The molecule has 4 nitrogen and oxygen atoms in total. The molecule has 0 aliphatic rings. The molecule has 0 atom stereocenters. The van der Waals surface area contributed by atoms with Crippen molar-refractivity contribution in [3.8, 4) is 0 Å². The van der Waals surface area contributed by atoms with Gasteiger partial charge in [0.15, 0.2) is 0 Å². The van der Waals surface area contributed by atoms with Crippen molar-refractivity contribution < 1.29 is 18.0 Å². The van der Waals surface area contributed by atoms with E-state index in [1.165, 1.54) is 6.07 Å². The topological polar surface area (TPSA) is 67.1 Å². The van der Waals surface area contributed by atoms with Crippen LogP contribution in [-0.4, -0.2) is 19.1 Å². The normalized spacial score (nSPS) is 11.2. The van der Waals surface area contributed by atoms with Crippen molar-refractivity contribution in [1.29, 1.82) is 0 Å². The number of hydrogen-bond acceptors (Lipinski definition) is 2. The molecule has 0 bridgehead atoms. The Bertz CT molecular complexity index is 451. The number of amides is 2. The summed E-state index contributed by atoms with van der Waals surface area (Å²) >= 11 is 5.46. The summed E-state index contributed by atoms with van der Waals surface area (Å²) in [6, 6.07) is 2.56. The van der Waals surface area contributed by atoms with Crippen molar-refractivity contribution in [2.45, 2.75) is 12.6 Å². The minimum Gasteiger partial charge on any atom is -0.338 e. The van der Waals surface area contributed by atoms with Gasteiger partial charge in [0.1, 0.15) is 0 Å². The Morgan fingerprint density at radius 3 is 2.63 bits per heavy atom. The summed E-state index contributed by atoms with van der Waals surface area (Å²) in [5.74, 6) is 0. The van der Waals surface area contributed by atoms with E-state index in [1.54, 1.807) is 0 Å². The molecule has 8 heteroatoms. The second-order valence-electron chi connectivity index (χ2n) is 3.72. The van der Waals surface area contributed by atoms with E-state index in [9.17, 15) is 18.0 Å². The first kappa shape index (κ1) is 15.6. The summed E-state index contributed by atoms with van der Waals surface area (Å²) in [5, 5.41) is 4.34. The van der Waals surface area contributed by atoms with Crippen LogP contribution in [0.2, 0.25) is 5.02 Å². The van der Waals surface area contributed by atoms with Gasteiger partial charge in [0, 0.05) is 12.2 Å². The number of carbonyl (C=O) groups is 1. The summed E-state index contributed by atoms with van der Waals surface area (Å²) in [6.45, 7) is 0.765. The molecule has 0 aromatic heterocycles. The third kappa shape index (κ3) is 4.96. The average molecular weight is 296 g/mol. The number of rotatable bonds is 4. The van der Waals surface area contributed by atoms with E-state index >= 15 is 0 Å². The van der Waals surface area contributed by atoms with Crippen LogP contribution in [0.4, 0.5) is 23.7 Å². The molecule has 0 aliphatic carbocycles. The Balaban J connectivity index is 2.72. The maximum Gasteiger partial charge on any atom is 0.417 e. The van der Waals surface area contributed by atoms with Crippen LogP contribution in [-0.2, 0) is 6.18 Å². The zero-order valence-corrected chi connectivity index (χ0v) is 10.6. The van der Waals surface area contributed by atoms with Crippen molar-refractivity contribution in [2.75, 3.05) is 18.4 Å². The molecule has 0 spiro atoms. The van der Waals surface area contributed by atoms with Crippen molar-refractivity contribution in [1.82, 2.24) is 5.32 Å². The van der Waals surface area contributed by atoms with E-state index < -0.39 is 22.8 Å². The lowest BCUT2D eigenvalue weighted by atomic mass is 10.2. The minimum absolute atomic E-state index is 0.0157. The number of hydrogen-bond donors (Lipinski definition) is 3. The Kier molecular flexibility index (Phi) is 5.44. The highest BCUT2D eigenvalue weighted by Crippen LogP contribution is 2.36. The van der Waals surface area contributed by atoms with Crippen LogP contribution in [0.25, 0.3) is 0 Å². The molecule has 0 saturated heterocycles. The van der Waals surface area contributed by atoms with Gasteiger partial charge in [-0.1, -0.05) is 11.6 Å².